The smallest absolute Gasteiger partial charge is 0.137 e. The summed E-state index contributed by atoms with van der Waals surface area (Å²) >= 11 is 6.03. The van der Waals surface area contributed by atoms with Crippen LogP contribution in [-0.4, -0.2) is 7.11 Å². The van der Waals surface area contributed by atoms with Gasteiger partial charge < -0.3 is 10.5 Å². The molecule has 0 saturated carbocycles. The van der Waals surface area contributed by atoms with E-state index in [9.17, 15) is 0 Å². The highest BCUT2D eigenvalue weighted by molar-refractivity contribution is 6.32. The van der Waals surface area contributed by atoms with Crippen molar-refractivity contribution in [3.05, 3.63) is 41.4 Å². The molecule has 2 N–H and O–H groups in total. The van der Waals surface area contributed by atoms with Crippen LogP contribution >= 0.6 is 11.6 Å². The zero-order chi connectivity index (χ0) is 9.84. The largest absolute Gasteiger partial charge is 0.495 e. The van der Waals surface area contributed by atoms with E-state index < -0.39 is 0 Å². The first-order valence-corrected chi connectivity index (χ1v) is 4.29. The van der Waals surface area contributed by atoms with Crippen LogP contribution in [-0.2, 0) is 0 Å². The molecule has 2 nitrogen and oxygen atoms in total. The predicted octanol–water partition coefficient (Wildman–Crippen LogP) is 2.53. The van der Waals surface area contributed by atoms with Crippen molar-refractivity contribution in [3.8, 4) is 5.75 Å². The SMILES string of the molecule is C=CC(N)c1cccc(OC)c1Cl. The molecule has 0 heterocycles. The Hall–Kier alpha value is -0.990. The Morgan fingerprint density at radius 2 is 2.31 bits per heavy atom. The molecule has 1 aromatic carbocycles. The summed E-state index contributed by atoms with van der Waals surface area (Å²) in [6.45, 7) is 3.61. The van der Waals surface area contributed by atoms with Gasteiger partial charge >= 0.3 is 0 Å². The first-order chi connectivity index (χ1) is 6.20. The number of hydrogen-bond donors (Lipinski definition) is 1. The number of methoxy groups -OCH3 is 1. The molecule has 1 unspecified atom stereocenters. The van der Waals surface area contributed by atoms with Crippen molar-refractivity contribution < 1.29 is 4.74 Å². The van der Waals surface area contributed by atoms with E-state index in [0.717, 1.165) is 5.56 Å². The number of ether oxygens (including phenoxy) is 1. The van der Waals surface area contributed by atoms with E-state index in [0.29, 0.717) is 10.8 Å². The van der Waals surface area contributed by atoms with Gasteiger partial charge in [0.2, 0.25) is 0 Å². The Morgan fingerprint density at radius 1 is 1.62 bits per heavy atom. The highest BCUT2D eigenvalue weighted by Crippen LogP contribution is 2.30. The summed E-state index contributed by atoms with van der Waals surface area (Å²) < 4.78 is 5.06. The molecule has 0 aliphatic carbocycles. The van der Waals surface area contributed by atoms with Gasteiger partial charge in [-0.2, -0.15) is 0 Å². The predicted molar refractivity (Wildman–Crippen MR) is 55.1 cm³/mol. The van der Waals surface area contributed by atoms with Gasteiger partial charge in [-0.3, -0.25) is 0 Å². The van der Waals surface area contributed by atoms with Gasteiger partial charge in [-0.25, -0.2) is 0 Å². The monoisotopic (exact) mass is 197 g/mol. The van der Waals surface area contributed by atoms with E-state index in [-0.39, 0.29) is 6.04 Å². The molecule has 13 heavy (non-hydrogen) atoms. The molecule has 0 fully saturated rings. The summed E-state index contributed by atoms with van der Waals surface area (Å²) in [5.74, 6) is 0.636. The Bertz CT molecular complexity index is 312. The molecule has 70 valence electrons. The van der Waals surface area contributed by atoms with Crippen molar-refractivity contribution >= 4 is 11.6 Å². The second kappa shape index (κ2) is 4.30. The van der Waals surface area contributed by atoms with Gasteiger partial charge in [-0.1, -0.05) is 29.8 Å². The van der Waals surface area contributed by atoms with Gasteiger partial charge in [0.1, 0.15) is 5.75 Å². The maximum Gasteiger partial charge on any atom is 0.137 e. The standard InChI is InChI=1S/C10H12ClNO/c1-3-8(12)7-5-4-6-9(13-2)10(7)11/h3-6,8H,1,12H2,2H3. The van der Waals surface area contributed by atoms with Crippen LogP contribution in [0.4, 0.5) is 0 Å². The fourth-order valence-corrected chi connectivity index (χ4v) is 1.40. The van der Waals surface area contributed by atoms with E-state index in [1.165, 1.54) is 0 Å². The minimum atomic E-state index is -0.248. The van der Waals surface area contributed by atoms with Crippen LogP contribution < -0.4 is 10.5 Å². The lowest BCUT2D eigenvalue weighted by molar-refractivity contribution is 0.414. The second-order valence-electron chi connectivity index (χ2n) is 2.62. The summed E-state index contributed by atoms with van der Waals surface area (Å²) in [6.07, 6.45) is 1.64. The van der Waals surface area contributed by atoms with Gasteiger partial charge in [0, 0.05) is 6.04 Å². The van der Waals surface area contributed by atoms with Crippen LogP contribution in [0.1, 0.15) is 11.6 Å². The summed E-state index contributed by atoms with van der Waals surface area (Å²) in [5.41, 5.74) is 6.59. The minimum Gasteiger partial charge on any atom is -0.495 e. The molecule has 1 aromatic rings. The van der Waals surface area contributed by atoms with Crippen LogP contribution in [0.5, 0.6) is 5.75 Å². The lowest BCUT2D eigenvalue weighted by atomic mass is 10.1. The van der Waals surface area contributed by atoms with Crippen molar-refractivity contribution in [1.29, 1.82) is 0 Å². The van der Waals surface area contributed by atoms with E-state index in [2.05, 4.69) is 6.58 Å². The molecule has 0 spiro atoms. The van der Waals surface area contributed by atoms with E-state index >= 15 is 0 Å². The highest BCUT2D eigenvalue weighted by atomic mass is 35.5. The lowest BCUT2D eigenvalue weighted by Gasteiger charge is -2.11. The Labute approximate surface area is 83.0 Å². The topological polar surface area (TPSA) is 35.2 Å². The fraction of sp³-hybridized carbons (Fsp3) is 0.200. The van der Waals surface area contributed by atoms with Gasteiger partial charge in [-0.15, -0.1) is 6.58 Å². The lowest BCUT2D eigenvalue weighted by Crippen LogP contribution is -2.07. The van der Waals surface area contributed by atoms with Gasteiger partial charge in [-0.05, 0) is 11.6 Å². The normalized spacial score (nSPS) is 12.2. The van der Waals surface area contributed by atoms with E-state index in [4.69, 9.17) is 22.1 Å². The van der Waals surface area contributed by atoms with Crippen molar-refractivity contribution in [2.45, 2.75) is 6.04 Å². The van der Waals surface area contributed by atoms with Crippen LogP contribution in [0, 0.1) is 0 Å². The summed E-state index contributed by atoms with van der Waals surface area (Å²) in [7, 11) is 1.57. The minimum absolute atomic E-state index is 0.248. The number of halogens is 1. The molecular formula is C10H12ClNO. The third-order valence-corrected chi connectivity index (χ3v) is 2.23. The fourth-order valence-electron chi connectivity index (χ4n) is 1.07. The summed E-state index contributed by atoms with van der Waals surface area (Å²) in [5, 5.41) is 0.553. The number of rotatable bonds is 3. The average molecular weight is 198 g/mol. The Balaban J connectivity index is 3.14. The van der Waals surface area contributed by atoms with Crippen molar-refractivity contribution in [1.82, 2.24) is 0 Å². The summed E-state index contributed by atoms with van der Waals surface area (Å²) in [4.78, 5) is 0. The quantitative estimate of drug-likeness (QED) is 0.756. The molecule has 3 heteroatoms. The van der Waals surface area contributed by atoms with Crippen LogP contribution in [0.25, 0.3) is 0 Å². The van der Waals surface area contributed by atoms with Crippen LogP contribution in [0.2, 0.25) is 5.02 Å². The number of nitrogens with two attached hydrogens (primary N) is 1. The van der Waals surface area contributed by atoms with Crippen molar-refractivity contribution in [3.63, 3.8) is 0 Å². The average Bonchev–Trinajstić information content (AvgIpc) is 2.17. The van der Waals surface area contributed by atoms with E-state index in [1.807, 2.05) is 12.1 Å². The Kier molecular flexibility index (Phi) is 3.34. The number of hydrogen-bond acceptors (Lipinski definition) is 2. The molecular weight excluding hydrogens is 186 g/mol. The first-order valence-electron chi connectivity index (χ1n) is 3.91. The third-order valence-electron chi connectivity index (χ3n) is 1.83. The molecule has 0 saturated heterocycles. The first kappa shape index (κ1) is 10.1. The molecule has 1 rings (SSSR count). The maximum atomic E-state index is 6.03. The van der Waals surface area contributed by atoms with Crippen molar-refractivity contribution in [2.75, 3.05) is 7.11 Å². The van der Waals surface area contributed by atoms with Gasteiger partial charge in [0.25, 0.3) is 0 Å². The zero-order valence-corrected chi connectivity index (χ0v) is 8.21. The highest BCUT2D eigenvalue weighted by Gasteiger charge is 2.09. The molecule has 0 aliphatic rings. The zero-order valence-electron chi connectivity index (χ0n) is 7.46. The van der Waals surface area contributed by atoms with Gasteiger partial charge in [0.15, 0.2) is 0 Å². The number of benzene rings is 1. The molecule has 0 aromatic heterocycles. The molecule has 0 amide bonds. The molecule has 1 atom stereocenters. The van der Waals surface area contributed by atoms with Gasteiger partial charge in [0.05, 0.1) is 12.1 Å². The third kappa shape index (κ3) is 2.02. The Morgan fingerprint density at radius 3 is 2.85 bits per heavy atom. The van der Waals surface area contributed by atoms with E-state index in [1.54, 1.807) is 19.3 Å². The van der Waals surface area contributed by atoms with Crippen LogP contribution in [0.3, 0.4) is 0 Å². The molecule has 0 bridgehead atoms. The van der Waals surface area contributed by atoms with Crippen molar-refractivity contribution in [2.24, 2.45) is 5.73 Å². The summed E-state index contributed by atoms with van der Waals surface area (Å²) in [6, 6.07) is 5.25. The maximum absolute atomic E-state index is 6.03. The second-order valence-corrected chi connectivity index (χ2v) is 3.00. The van der Waals surface area contributed by atoms with Crippen LogP contribution in [0.15, 0.2) is 30.9 Å². The molecule has 0 aliphatic heterocycles. The molecule has 0 radical (unpaired) electrons.